The molecule has 0 bridgehead atoms. The van der Waals surface area contributed by atoms with Crippen molar-refractivity contribution in [3.8, 4) is 0 Å². The standard InChI is InChI=1S/C13H11Cl2NS/c1-9-3-2-4-11(5-9)17-8-10-7-16-13(15)6-12(10)14/h2-7H,8H2,1H3. The minimum atomic E-state index is 0.430. The molecule has 0 N–H and O–H groups in total. The van der Waals surface area contributed by atoms with Gasteiger partial charge in [0.25, 0.3) is 0 Å². The smallest absolute Gasteiger partial charge is 0.130 e. The fraction of sp³-hybridized carbons (Fsp3) is 0.154. The van der Waals surface area contributed by atoms with E-state index in [-0.39, 0.29) is 0 Å². The molecule has 1 heterocycles. The molecule has 0 amide bonds. The van der Waals surface area contributed by atoms with Gasteiger partial charge in [-0.1, -0.05) is 40.9 Å². The minimum Gasteiger partial charge on any atom is -0.244 e. The number of nitrogens with zero attached hydrogens (tertiary/aromatic N) is 1. The third-order valence-corrected chi connectivity index (χ3v) is 3.88. The van der Waals surface area contributed by atoms with E-state index in [0.29, 0.717) is 10.2 Å². The molecule has 0 aliphatic carbocycles. The van der Waals surface area contributed by atoms with Crippen LogP contribution in [0, 0.1) is 6.92 Å². The highest BCUT2D eigenvalue weighted by Crippen LogP contribution is 2.27. The number of hydrogen-bond acceptors (Lipinski definition) is 2. The van der Waals surface area contributed by atoms with Crippen LogP contribution in [0.15, 0.2) is 41.4 Å². The topological polar surface area (TPSA) is 12.9 Å². The van der Waals surface area contributed by atoms with Gasteiger partial charge in [0.15, 0.2) is 0 Å². The van der Waals surface area contributed by atoms with Crippen molar-refractivity contribution in [1.82, 2.24) is 4.98 Å². The van der Waals surface area contributed by atoms with Crippen LogP contribution in [0.2, 0.25) is 10.2 Å². The highest BCUT2D eigenvalue weighted by atomic mass is 35.5. The zero-order valence-corrected chi connectivity index (χ0v) is 11.6. The molecule has 0 atom stereocenters. The van der Waals surface area contributed by atoms with Crippen LogP contribution in [0.1, 0.15) is 11.1 Å². The van der Waals surface area contributed by atoms with Crippen molar-refractivity contribution >= 4 is 35.0 Å². The summed E-state index contributed by atoms with van der Waals surface area (Å²) in [6, 6.07) is 10.1. The van der Waals surface area contributed by atoms with Gasteiger partial charge in [-0.3, -0.25) is 0 Å². The number of pyridine rings is 1. The number of hydrogen-bond donors (Lipinski definition) is 0. The molecule has 1 nitrogen and oxygen atoms in total. The van der Waals surface area contributed by atoms with E-state index in [2.05, 4.69) is 36.2 Å². The first-order chi connectivity index (χ1) is 8.15. The zero-order valence-electron chi connectivity index (χ0n) is 9.28. The van der Waals surface area contributed by atoms with Crippen molar-refractivity contribution in [2.75, 3.05) is 0 Å². The quantitative estimate of drug-likeness (QED) is 0.581. The van der Waals surface area contributed by atoms with E-state index in [1.807, 2.05) is 0 Å². The van der Waals surface area contributed by atoms with Crippen molar-refractivity contribution in [3.05, 3.63) is 57.8 Å². The molecular formula is C13H11Cl2NS. The molecule has 0 aliphatic heterocycles. The molecule has 2 aromatic rings. The van der Waals surface area contributed by atoms with E-state index in [1.54, 1.807) is 24.0 Å². The van der Waals surface area contributed by atoms with Gasteiger partial charge < -0.3 is 0 Å². The van der Waals surface area contributed by atoms with Crippen LogP contribution in [0.3, 0.4) is 0 Å². The fourth-order valence-electron chi connectivity index (χ4n) is 1.41. The Kier molecular flexibility index (Phi) is 4.32. The molecule has 0 radical (unpaired) electrons. The third-order valence-electron chi connectivity index (χ3n) is 2.28. The van der Waals surface area contributed by atoms with Crippen LogP contribution in [0.5, 0.6) is 0 Å². The summed E-state index contributed by atoms with van der Waals surface area (Å²) in [6.07, 6.45) is 1.73. The Hall–Kier alpha value is -0.700. The first kappa shape index (κ1) is 12.7. The molecule has 0 saturated carbocycles. The molecule has 0 spiro atoms. The van der Waals surface area contributed by atoms with E-state index in [0.717, 1.165) is 11.3 Å². The van der Waals surface area contributed by atoms with Gasteiger partial charge in [0.2, 0.25) is 0 Å². The second-order valence-electron chi connectivity index (χ2n) is 3.70. The number of halogens is 2. The van der Waals surface area contributed by atoms with Crippen molar-refractivity contribution in [2.45, 2.75) is 17.6 Å². The number of thioether (sulfide) groups is 1. The molecule has 0 unspecified atom stereocenters. The molecule has 2 rings (SSSR count). The largest absolute Gasteiger partial charge is 0.244 e. The Morgan fingerprint density at radius 2 is 2.06 bits per heavy atom. The Bertz CT molecular complexity index is 529. The van der Waals surface area contributed by atoms with E-state index in [1.165, 1.54) is 10.5 Å². The predicted octanol–water partition coefficient (Wildman–Crippen LogP) is 4.99. The summed E-state index contributed by atoms with van der Waals surface area (Å²) < 4.78 is 0. The Labute approximate surface area is 115 Å². The maximum atomic E-state index is 6.09. The van der Waals surface area contributed by atoms with Crippen molar-refractivity contribution in [3.63, 3.8) is 0 Å². The van der Waals surface area contributed by atoms with Gasteiger partial charge in [-0.15, -0.1) is 11.8 Å². The summed E-state index contributed by atoms with van der Waals surface area (Å²) in [5.41, 5.74) is 2.26. The Morgan fingerprint density at radius 1 is 1.24 bits per heavy atom. The molecule has 4 heteroatoms. The lowest BCUT2D eigenvalue weighted by atomic mass is 10.2. The molecule has 1 aromatic carbocycles. The average Bonchev–Trinajstić information content (AvgIpc) is 2.28. The lowest BCUT2D eigenvalue weighted by molar-refractivity contribution is 1.25. The van der Waals surface area contributed by atoms with Gasteiger partial charge in [-0.2, -0.15) is 0 Å². The number of rotatable bonds is 3. The first-order valence-corrected chi connectivity index (χ1v) is 6.89. The summed E-state index contributed by atoms with van der Waals surface area (Å²) in [5.74, 6) is 0.798. The normalized spacial score (nSPS) is 10.5. The lowest BCUT2D eigenvalue weighted by Crippen LogP contribution is -1.86. The number of benzene rings is 1. The average molecular weight is 284 g/mol. The maximum Gasteiger partial charge on any atom is 0.130 e. The fourth-order valence-corrected chi connectivity index (χ4v) is 2.92. The molecular weight excluding hydrogens is 273 g/mol. The zero-order chi connectivity index (χ0) is 12.3. The van der Waals surface area contributed by atoms with E-state index in [9.17, 15) is 0 Å². The molecule has 0 fully saturated rings. The van der Waals surface area contributed by atoms with Crippen LogP contribution >= 0.6 is 35.0 Å². The maximum absolute atomic E-state index is 6.09. The van der Waals surface area contributed by atoms with Crippen molar-refractivity contribution in [2.24, 2.45) is 0 Å². The second-order valence-corrected chi connectivity index (χ2v) is 5.55. The number of aromatic nitrogens is 1. The van der Waals surface area contributed by atoms with Gasteiger partial charge in [0.05, 0.1) is 0 Å². The number of aryl methyl sites for hydroxylation is 1. The highest BCUT2D eigenvalue weighted by Gasteiger charge is 2.03. The summed E-state index contributed by atoms with van der Waals surface area (Å²) >= 11 is 13.6. The summed E-state index contributed by atoms with van der Waals surface area (Å²) in [4.78, 5) is 5.27. The monoisotopic (exact) mass is 283 g/mol. The van der Waals surface area contributed by atoms with Gasteiger partial charge in [0.1, 0.15) is 5.15 Å². The first-order valence-electron chi connectivity index (χ1n) is 5.14. The van der Waals surface area contributed by atoms with Crippen LogP contribution in [0.4, 0.5) is 0 Å². The van der Waals surface area contributed by atoms with E-state index >= 15 is 0 Å². The molecule has 88 valence electrons. The van der Waals surface area contributed by atoms with E-state index < -0.39 is 0 Å². The summed E-state index contributed by atoms with van der Waals surface area (Å²) in [6.45, 7) is 2.08. The van der Waals surface area contributed by atoms with E-state index in [4.69, 9.17) is 23.2 Å². The molecule has 17 heavy (non-hydrogen) atoms. The summed E-state index contributed by atoms with van der Waals surface area (Å²) in [5, 5.41) is 1.10. The predicted molar refractivity (Wildman–Crippen MR) is 75.0 cm³/mol. The highest BCUT2D eigenvalue weighted by molar-refractivity contribution is 7.98. The van der Waals surface area contributed by atoms with Crippen LogP contribution in [0.25, 0.3) is 0 Å². The van der Waals surface area contributed by atoms with Gasteiger partial charge in [0, 0.05) is 21.9 Å². The molecule has 0 saturated heterocycles. The molecule has 1 aromatic heterocycles. The van der Waals surface area contributed by atoms with Crippen LogP contribution in [-0.4, -0.2) is 4.98 Å². The van der Waals surface area contributed by atoms with Crippen LogP contribution in [-0.2, 0) is 5.75 Å². The van der Waals surface area contributed by atoms with Crippen LogP contribution < -0.4 is 0 Å². The molecule has 0 aliphatic rings. The van der Waals surface area contributed by atoms with Gasteiger partial charge >= 0.3 is 0 Å². The minimum absolute atomic E-state index is 0.430. The summed E-state index contributed by atoms with van der Waals surface area (Å²) in [7, 11) is 0. The van der Waals surface area contributed by atoms with Gasteiger partial charge in [-0.25, -0.2) is 4.98 Å². The van der Waals surface area contributed by atoms with Crippen molar-refractivity contribution in [1.29, 1.82) is 0 Å². The van der Waals surface area contributed by atoms with Gasteiger partial charge in [-0.05, 0) is 30.7 Å². The van der Waals surface area contributed by atoms with Crippen molar-refractivity contribution < 1.29 is 0 Å². The second kappa shape index (κ2) is 5.76. The Morgan fingerprint density at radius 3 is 2.76 bits per heavy atom. The SMILES string of the molecule is Cc1cccc(SCc2cnc(Cl)cc2Cl)c1. The lowest BCUT2D eigenvalue weighted by Gasteiger charge is -2.05. The Balaban J connectivity index is 2.07. The third kappa shape index (κ3) is 3.63.